The molecule has 4 rings (SSSR count). The van der Waals surface area contributed by atoms with Crippen LogP contribution in [0.25, 0.3) is 0 Å². The number of nitrogens with zero attached hydrogens (tertiary/aromatic N) is 3. The molecule has 2 aromatic rings. The zero-order valence-corrected chi connectivity index (χ0v) is 14.8. The summed E-state index contributed by atoms with van der Waals surface area (Å²) in [5, 5.41) is 7.45. The van der Waals surface area contributed by atoms with Crippen LogP contribution in [0.5, 0.6) is 0 Å². The van der Waals surface area contributed by atoms with Gasteiger partial charge in [0.25, 0.3) is 0 Å². The standard InChI is InChI=1S/C19H24N4O2/c1-22-17(12-14(21-22)8-11-25-2)20-18(24)23-13-19(9-5-10-19)15-6-3-4-7-16(15)23/h3-4,6-7,12H,5,8-11,13H2,1-2H3,(H,20,24). The van der Waals surface area contributed by atoms with Gasteiger partial charge in [0, 0.05) is 44.3 Å². The van der Waals surface area contributed by atoms with Crippen LogP contribution in [0, 0.1) is 0 Å². The summed E-state index contributed by atoms with van der Waals surface area (Å²) in [7, 11) is 3.52. The molecule has 1 fully saturated rings. The first-order valence-corrected chi connectivity index (χ1v) is 8.83. The quantitative estimate of drug-likeness (QED) is 0.930. The van der Waals surface area contributed by atoms with E-state index in [1.54, 1.807) is 11.8 Å². The number of amides is 2. The number of anilines is 2. The van der Waals surface area contributed by atoms with E-state index in [9.17, 15) is 4.79 Å². The number of aryl methyl sites for hydroxylation is 1. The van der Waals surface area contributed by atoms with Crippen LogP contribution in [0.2, 0.25) is 0 Å². The van der Waals surface area contributed by atoms with Crippen LogP contribution in [0.4, 0.5) is 16.3 Å². The number of hydrogen-bond donors (Lipinski definition) is 1. The molecule has 1 aromatic carbocycles. The lowest BCUT2D eigenvalue weighted by Gasteiger charge is -2.38. The van der Waals surface area contributed by atoms with Gasteiger partial charge in [-0.2, -0.15) is 5.10 Å². The lowest BCUT2D eigenvalue weighted by atomic mass is 9.66. The molecular weight excluding hydrogens is 316 g/mol. The minimum absolute atomic E-state index is 0.0856. The first kappa shape index (κ1) is 16.1. The Bertz CT molecular complexity index is 794. The first-order valence-electron chi connectivity index (χ1n) is 8.83. The second-order valence-electron chi connectivity index (χ2n) is 7.05. The van der Waals surface area contributed by atoms with E-state index in [2.05, 4.69) is 28.6 Å². The summed E-state index contributed by atoms with van der Waals surface area (Å²) in [6.07, 6.45) is 4.31. The second kappa shape index (κ2) is 6.19. The average molecular weight is 340 g/mol. The molecule has 2 amide bonds. The average Bonchev–Trinajstić information content (AvgIpc) is 3.11. The van der Waals surface area contributed by atoms with Gasteiger partial charge in [-0.05, 0) is 24.5 Å². The molecule has 1 aliphatic heterocycles. The first-order chi connectivity index (χ1) is 12.1. The van der Waals surface area contributed by atoms with Gasteiger partial charge in [0.1, 0.15) is 5.82 Å². The van der Waals surface area contributed by atoms with Crippen LogP contribution in [0.15, 0.2) is 30.3 Å². The Kier molecular flexibility index (Phi) is 4.00. The van der Waals surface area contributed by atoms with Crippen molar-refractivity contribution in [1.82, 2.24) is 9.78 Å². The number of urea groups is 1. The minimum atomic E-state index is -0.0856. The van der Waals surface area contributed by atoms with Crippen molar-refractivity contribution in [3.05, 3.63) is 41.6 Å². The number of carbonyl (C=O) groups is 1. The van der Waals surface area contributed by atoms with Crippen molar-refractivity contribution in [2.75, 3.05) is 30.5 Å². The molecule has 2 heterocycles. The third-order valence-electron chi connectivity index (χ3n) is 5.51. The molecule has 0 radical (unpaired) electrons. The van der Waals surface area contributed by atoms with Crippen molar-refractivity contribution >= 4 is 17.5 Å². The molecule has 1 aliphatic carbocycles. The Morgan fingerprint density at radius 3 is 2.88 bits per heavy atom. The topological polar surface area (TPSA) is 59.4 Å². The molecule has 6 nitrogen and oxygen atoms in total. The molecule has 1 saturated carbocycles. The Morgan fingerprint density at radius 1 is 1.36 bits per heavy atom. The summed E-state index contributed by atoms with van der Waals surface area (Å²) < 4.78 is 6.81. The predicted octanol–water partition coefficient (Wildman–Crippen LogP) is 3.08. The molecule has 0 unspecified atom stereocenters. The Balaban J connectivity index is 1.53. The SMILES string of the molecule is COCCc1cc(NC(=O)N2CC3(CCC3)c3ccccc32)n(C)n1. The van der Waals surface area contributed by atoms with E-state index in [-0.39, 0.29) is 11.4 Å². The van der Waals surface area contributed by atoms with E-state index >= 15 is 0 Å². The number of hydrogen-bond acceptors (Lipinski definition) is 3. The zero-order chi connectivity index (χ0) is 17.4. The molecule has 0 saturated heterocycles. The molecule has 1 N–H and O–H groups in total. The Morgan fingerprint density at radius 2 is 2.16 bits per heavy atom. The number of fused-ring (bicyclic) bond motifs is 2. The molecule has 1 aromatic heterocycles. The number of rotatable bonds is 4. The van der Waals surface area contributed by atoms with Crippen LogP contribution >= 0.6 is 0 Å². The summed E-state index contributed by atoms with van der Waals surface area (Å²) in [6, 6.07) is 10.1. The van der Waals surface area contributed by atoms with E-state index in [1.165, 1.54) is 24.8 Å². The second-order valence-corrected chi connectivity index (χ2v) is 7.05. The molecule has 6 heteroatoms. The van der Waals surface area contributed by atoms with Gasteiger partial charge >= 0.3 is 6.03 Å². The number of para-hydroxylation sites is 1. The lowest BCUT2D eigenvalue weighted by molar-refractivity contribution is 0.201. The van der Waals surface area contributed by atoms with Crippen molar-refractivity contribution in [2.45, 2.75) is 31.1 Å². The van der Waals surface area contributed by atoms with Gasteiger partial charge in [-0.1, -0.05) is 24.6 Å². The summed E-state index contributed by atoms with van der Waals surface area (Å²) in [5.41, 5.74) is 3.45. The van der Waals surface area contributed by atoms with Gasteiger partial charge in [0.05, 0.1) is 12.3 Å². The molecule has 25 heavy (non-hydrogen) atoms. The smallest absolute Gasteiger partial charge is 0.327 e. The normalized spacial score (nSPS) is 17.4. The Labute approximate surface area is 147 Å². The van der Waals surface area contributed by atoms with Crippen molar-refractivity contribution in [2.24, 2.45) is 7.05 Å². The fourth-order valence-corrected chi connectivity index (χ4v) is 3.99. The monoisotopic (exact) mass is 340 g/mol. The highest BCUT2D eigenvalue weighted by Crippen LogP contribution is 2.52. The highest BCUT2D eigenvalue weighted by Gasteiger charge is 2.48. The summed E-state index contributed by atoms with van der Waals surface area (Å²) >= 11 is 0. The maximum absolute atomic E-state index is 12.9. The molecule has 0 bridgehead atoms. The van der Waals surface area contributed by atoms with Crippen LogP contribution in [-0.2, 0) is 23.6 Å². The van der Waals surface area contributed by atoms with Gasteiger partial charge in [0.2, 0.25) is 0 Å². The third-order valence-corrected chi connectivity index (χ3v) is 5.51. The number of nitrogens with one attached hydrogen (secondary N) is 1. The summed E-state index contributed by atoms with van der Waals surface area (Å²) in [6.45, 7) is 1.39. The van der Waals surface area contributed by atoms with Crippen molar-refractivity contribution in [3.63, 3.8) is 0 Å². The molecule has 0 atom stereocenters. The largest absolute Gasteiger partial charge is 0.384 e. The molecule has 132 valence electrons. The van der Waals surface area contributed by atoms with E-state index in [4.69, 9.17) is 4.74 Å². The number of ether oxygens (including phenoxy) is 1. The van der Waals surface area contributed by atoms with Crippen molar-refractivity contribution in [1.29, 1.82) is 0 Å². The maximum Gasteiger partial charge on any atom is 0.327 e. The van der Waals surface area contributed by atoms with E-state index in [0.717, 1.165) is 24.3 Å². The van der Waals surface area contributed by atoms with Crippen LogP contribution in [0.1, 0.15) is 30.5 Å². The predicted molar refractivity (Wildman–Crippen MR) is 97.1 cm³/mol. The van der Waals surface area contributed by atoms with Crippen molar-refractivity contribution < 1.29 is 9.53 Å². The van der Waals surface area contributed by atoms with E-state index in [1.807, 2.05) is 24.1 Å². The number of aromatic nitrogens is 2. The fraction of sp³-hybridized carbons (Fsp3) is 0.474. The minimum Gasteiger partial charge on any atom is -0.384 e. The summed E-state index contributed by atoms with van der Waals surface area (Å²) in [5.74, 6) is 0.711. The van der Waals surface area contributed by atoms with Gasteiger partial charge in [-0.25, -0.2) is 4.79 Å². The van der Waals surface area contributed by atoms with Crippen LogP contribution in [0.3, 0.4) is 0 Å². The fourth-order valence-electron chi connectivity index (χ4n) is 3.99. The van der Waals surface area contributed by atoms with E-state index < -0.39 is 0 Å². The zero-order valence-electron chi connectivity index (χ0n) is 14.8. The third kappa shape index (κ3) is 2.70. The van der Waals surface area contributed by atoms with Gasteiger partial charge in [0.15, 0.2) is 0 Å². The maximum atomic E-state index is 12.9. The highest BCUT2D eigenvalue weighted by atomic mass is 16.5. The Hall–Kier alpha value is -2.34. The van der Waals surface area contributed by atoms with Crippen LogP contribution in [-0.4, -0.2) is 36.1 Å². The van der Waals surface area contributed by atoms with Gasteiger partial charge in [-0.3, -0.25) is 14.9 Å². The van der Waals surface area contributed by atoms with E-state index in [0.29, 0.717) is 12.4 Å². The molecule has 1 spiro atoms. The van der Waals surface area contributed by atoms with Gasteiger partial charge < -0.3 is 4.74 Å². The molecular formula is C19H24N4O2. The number of benzene rings is 1. The number of methoxy groups -OCH3 is 1. The highest BCUT2D eigenvalue weighted by molar-refractivity contribution is 6.03. The number of carbonyl (C=O) groups excluding carboxylic acids is 1. The molecule has 2 aliphatic rings. The van der Waals surface area contributed by atoms with Crippen LogP contribution < -0.4 is 10.2 Å². The summed E-state index contributed by atoms with van der Waals surface area (Å²) in [4.78, 5) is 14.8. The van der Waals surface area contributed by atoms with Crippen molar-refractivity contribution in [3.8, 4) is 0 Å². The lowest BCUT2D eigenvalue weighted by Crippen LogP contribution is -2.43. The van der Waals surface area contributed by atoms with Gasteiger partial charge in [-0.15, -0.1) is 0 Å².